The van der Waals surface area contributed by atoms with Crippen molar-refractivity contribution in [1.29, 1.82) is 5.26 Å². The number of aryl methyl sites for hydroxylation is 2. The van der Waals surface area contributed by atoms with Crippen molar-refractivity contribution >= 4 is 16.9 Å². The number of nitriles is 1. The number of anilines is 1. The van der Waals surface area contributed by atoms with Crippen LogP contribution in [0.5, 0.6) is 0 Å². The van der Waals surface area contributed by atoms with Crippen molar-refractivity contribution in [3.05, 3.63) is 63.0 Å². The summed E-state index contributed by atoms with van der Waals surface area (Å²) in [6.07, 6.45) is 6.03. The van der Waals surface area contributed by atoms with Gasteiger partial charge in [0.15, 0.2) is 0 Å². The molecule has 0 amide bonds. The molecular formula is C33H39F3N6O. The first-order chi connectivity index (χ1) is 20.6. The predicted molar refractivity (Wildman–Crippen MR) is 160 cm³/mol. The Balaban J connectivity index is 1.47. The van der Waals surface area contributed by atoms with Crippen molar-refractivity contribution in [2.45, 2.75) is 102 Å². The topological polar surface area (TPSA) is 86.8 Å². The summed E-state index contributed by atoms with van der Waals surface area (Å²) in [5, 5.41) is 13.8. The van der Waals surface area contributed by atoms with Gasteiger partial charge in [-0.3, -0.25) is 9.36 Å². The average molecular weight is 593 g/mol. The Morgan fingerprint density at radius 3 is 2.56 bits per heavy atom. The van der Waals surface area contributed by atoms with E-state index in [9.17, 15) is 10.1 Å². The molecule has 3 aliphatic rings. The zero-order valence-electron chi connectivity index (χ0n) is 25.1. The van der Waals surface area contributed by atoms with Crippen LogP contribution in [0.1, 0.15) is 93.8 Å². The largest absolute Gasteiger partial charge is 0.363 e. The molecule has 1 saturated carbocycles. The summed E-state index contributed by atoms with van der Waals surface area (Å²) < 4.78 is 49.5. The molecule has 2 aliphatic heterocycles. The van der Waals surface area contributed by atoms with E-state index in [-0.39, 0.29) is 23.7 Å². The van der Waals surface area contributed by atoms with Crippen LogP contribution in [0.15, 0.2) is 29.1 Å². The van der Waals surface area contributed by atoms with E-state index in [0.717, 1.165) is 32.1 Å². The minimum atomic E-state index is -3.31. The second-order valence-electron chi connectivity index (χ2n) is 12.8. The standard InChI is InChI=1S/C33H39F3N6O/c1-20-9-6-4-5-7-15-42-30-25(17-27(31(42)43)32(19-37)13-14-32)29(39-22(3)40-30)38-21(2)24-10-8-11-26(28(24)34)33(35,36)23-12-16-41(20)18-23/h8,10-11,17,20-21,23H,4-7,9,12-16,18H2,1-3H3,(H,38,39,40)/t20?,21-,23?/m1/s1. The van der Waals surface area contributed by atoms with E-state index in [1.807, 2.05) is 0 Å². The highest BCUT2D eigenvalue weighted by atomic mass is 19.3. The van der Waals surface area contributed by atoms with E-state index >= 15 is 13.2 Å². The van der Waals surface area contributed by atoms with Crippen LogP contribution < -0.4 is 10.9 Å². The second-order valence-corrected chi connectivity index (χ2v) is 12.8. The van der Waals surface area contributed by atoms with Gasteiger partial charge in [0.1, 0.15) is 23.1 Å². The molecule has 10 heteroatoms. The number of aromatic nitrogens is 3. The lowest BCUT2D eigenvalue weighted by Crippen LogP contribution is -2.34. The van der Waals surface area contributed by atoms with Crippen molar-refractivity contribution in [3.8, 4) is 6.07 Å². The van der Waals surface area contributed by atoms with Gasteiger partial charge in [0, 0.05) is 36.2 Å². The monoisotopic (exact) mass is 592 g/mol. The van der Waals surface area contributed by atoms with Crippen molar-refractivity contribution in [1.82, 2.24) is 19.4 Å². The quantitative estimate of drug-likeness (QED) is 0.337. The molecule has 0 spiro atoms. The molecular weight excluding hydrogens is 553 g/mol. The molecule has 0 radical (unpaired) electrons. The highest BCUT2D eigenvalue weighted by molar-refractivity contribution is 5.88. The molecule has 1 saturated heterocycles. The molecule has 2 aromatic heterocycles. The van der Waals surface area contributed by atoms with Crippen LogP contribution in [0.2, 0.25) is 0 Å². The van der Waals surface area contributed by atoms with Crippen LogP contribution in [0.25, 0.3) is 11.0 Å². The minimum Gasteiger partial charge on any atom is -0.363 e. The summed E-state index contributed by atoms with van der Waals surface area (Å²) >= 11 is 0. The van der Waals surface area contributed by atoms with Gasteiger partial charge >= 0.3 is 0 Å². The maximum absolute atomic E-state index is 16.0. The maximum Gasteiger partial charge on any atom is 0.280 e. The summed E-state index contributed by atoms with van der Waals surface area (Å²) in [5.41, 5.74) is -0.605. The Morgan fingerprint density at radius 2 is 1.81 bits per heavy atom. The first-order valence-corrected chi connectivity index (χ1v) is 15.6. The number of halogens is 3. The third-order valence-corrected chi connectivity index (χ3v) is 9.85. The minimum absolute atomic E-state index is 0.114. The van der Waals surface area contributed by atoms with E-state index in [2.05, 4.69) is 33.2 Å². The molecule has 4 atom stereocenters. The van der Waals surface area contributed by atoms with Crippen LogP contribution in [-0.2, 0) is 17.9 Å². The number of fused-ring (bicyclic) bond motifs is 4. The van der Waals surface area contributed by atoms with Crippen LogP contribution in [0, 0.1) is 30.0 Å². The smallest absolute Gasteiger partial charge is 0.280 e. The fourth-order valence-electron chi connectivity index (χ4n) is 6.95. The van der Waals surface area contributed by atoms with Crippen LogP contribution in [0.3, 0.4) is 0 Å². The Hall–Kier alpha value is -3.45. The molecule has 1 N–H and O–H groups in total. The van der Waals surface area contributed by atoms with E-state index in [1.54, 1.807) is 24.5 Å². The fourth-order valence-corrected chi connectivity index (χ4v) is 6.95. The number of benzene rings is 1. The van der Waals surface area contributed by atoms with Gasteiger partial charge in [0.05, 0.1) is 28.5 Å². The second kappa shape index (κ2) is 11.2. The van der Waals surface area contributed by atoms with Crippen LogP contribution in [0.4, 0.5) is 19.0 Å². The average Bonchev–Trinajstić information content (AvgIpc) is 3.60. The lowest BCUT2D eigenvalue weighted by atomic mass is 9.91. The summed E-state index contributed by atoms with van der Waals surface area (Å²) in [4.78, 5) is 25.2. The number of nitrogens with one attached hydrogen (secondary N) is 1. The first-order valence-electron chi connectivity index (χ1n) is 15.6. The zero-order chi connectivity index (χ0) is 30.5. The van der Waals surface area contributed by atoms with Gasteiger partial charge in [-0.15, -0.1) is 0 Å². The van der Waals surface area contributed by atoms with Gasteiger partial charge in [-0.1, -0.05) is 37.5 Å². The Kier molecular flexibility index (Phi) is 7.74. The van der Waals surface area contributed by atoms with Gasteiger partial charge in [0.2, 0.25) is 0 Å². The Bertz CT molecular complexity index is 1640. The molecule has 8 bridgehead atoms. The molecule has 3 unspecified atom stereocenters. The normalized spacial score (nSPS) is 26.9. The molecule has 7 nitrogen and oxygen atoms in total. The molecule has 1 aliphatic carbocycles. The fraction of sp³-hybridized carbons (Fsp3) is 0.576. The first kappa shape index (κ1) is 29.6. The highest BCUT2D eigenvalue weighted by Crippen LogP contribution is 2.47. The van der Waals surface area contributed by atoms with E-state index in [1.165, 1.54) is 18.2 Å². The van der Waals surface area contributed by atoms with Gasteiger partial charge in [-0.05, 0) is 65.5 Å². The number of hydrogen-bond acceptors (Lipinski definition) is 6. The Labute approximate surface area is 250 Å². The molecule has 228 valence electrons. The number of nitrogens with zero attached hydrogens (tertiary/aromatic N) is 5. The van der Waals surface area contributed by atoms with Gasteiger partial charge in [-0.25, -0.2) is 23.1 Å². The summed E-state index contributed by atoms with van der Waals surface area (Å²) in [6.45, 7) is 6.80. The van der Waals surface area contributed by atoms with E-state index < -0.39 is 34.7 Å². The Morgan fingerprint density at radius 1 is 1.05 bits per heavy atom. The van der Waals surface area contributed by atoms with E-state index in [4.69, 9.17) is 0 Å². The summed E-state index contributed by atoms with van der Waals surface area (Å²) in [5.74, 6) is -4.37. The van der Waals surface area contributed by atoms with Crippen molar-refractivity contribution in [3.63, 3.8) is 0 Å². The molecule has 43 heavy (non-hydrogen) atoms. The van der Waals surface area contributed by atoms with Gasteiger partial charge in [0.25, 0.3) is 11.5 Å². The van der Waals surface area contributed by atoms with Crippen LogP contribution >= 0.6 is 0 Å². The number of alkyl halides is 2. The number of rotatable bonds is 1. The van der Waals surface area contributed by atoms with Crippen molar-refractivity contribution in [2.24, 2.45) is 5.92 Å². The lowest BCUT2D eigenvalue weighted by molar-refractivity contribution is -0.0647. The highest BCUT2D eigenvalue weighted by Gasteiger charge is 2.48. The van der Waals surface area contributed by atoms with Crippen molar-refractivity contribution in [2.75, 3.05) is 18.4 Å². The van der Waals surface area contributed by atoms with Crippen molar-refractivity contribution < 1.29 is 13.2 Å². The molecule has 1 aromatic carbocycles. The molecule has 6 rings (SSSR count). The van der Waals surface area contributed by atoms with Gasteiger partial charge in [-0.2, -0.15) is 5.26 Å². The lowest BCUT2D eigenvalue weighted by Gasteiger charge is -2.28. The van der Waals surface area contributed by atoms with Crippen LogP contribution in [-0.4, -0.2) is 38.6 Å². The summed E-state index contributed by atoms with van der Waals surface area (Å²) in [6, 6.07) is 7.72. The number of hydrogen-bond donors (Lipinski definition) is 1. The van der Waals surface area contributed by atoms with E-state index in [0.29, 0.717) is 60.6 Å². The molecule has 4 heterocycles. The predicted octanol–water partition coefficient (Wildman–Crippen LogP) is 6.73. The molecule has 3 aromatic rings. The molecule has 2 fully saturated rings. The third-order valence-electron chi connectivity index (χ3n) is 9.85. The SMILES string of the molecule is Cc1nc2c3cc(C4(C#N)CC4)c(=O)n(c3n1)CCCCCCC(C)N1CCC(C1)C(F)(F)c1cccc(c1F)[C@@H](C)N2. The third kappa shape index (κ3) is 5.30. The maximum atomic E-state index is 16.0. The number of pyridine rings is 1. The van der Waals surface area contributed by atoms with Gasteiger partial charge < -0.3 is 10.2 Å². The summed E-state index contributed by atoms with van der Waals surface area (Å²) in [7, 11) is 0. The zero-order valence-corrected chi connectivity index (χ0v) is 25.1.